The average molecular weight is 281 g/mol. The van der Waals surface area contributed by atoms with Gasteiger partial charge in [0.05, 0.1) is 10.7 Å². The van der Waals surface area contributed by atoms with E-state index in [0.717, 1.165) is 22.2 Å². The number of nitrogens with two attached hydrogens (primary N) is 1. The third-order valence-electron chi connectivity index (χ3n) is 4.33. The highest BCUT2D eigenvalue weighted by Gasteiger charge is 2.23. The maximum Gasteiger partial charge on any atom is 0.0642 e. The fraction of sp³-hybridized carbons (Fsp3) is 0.625. The summed E-state index contributed by atoms with van der Waals surface area (Å²) in [5.41, 5.74) is 8.12. The van der Waals surface area contributed by atoms with E-state index < -0.39 is 0 Å². The summed E-state index contributed by atoms with van der Waals surface area (Å²) in [5.74, 6) is 0.823. The van der Waals surface area contributed by atoms with Crippen molar-refractivity contribution in [1.82, 2.24) is 0 Å². The molecular formula is C16H25ClN2. The molecule has 19 heavy (non-hydrogen) atoms. The van der Waals surface area contributed by atoms with Crippen LogP contribution in [0.15, 0.2) is 18.2 Å². The van der Waals surface area contributed by atoms with Gasteiger partial charge in [-0.3, -0.25) is 0 Å². The van der Waals surface area contributed by atoms with E-state index in [2.05, 4.69) is 31.0 Å². The lowest BCUT2D eigenvalue weighted by molar-refractivity contribution is 0.336. The van der Waals surface area contributed by atoms with E-state index in [4.69, 9.17) is 17.3 Å². The lowest BCUT2D eigenvalue weighted by Crippen LogP contribution is -2.35. The van der Waals surface area contributed by atoms with E-state index in [1.54, 1.807) is 0 Å². The summed E-state index contributed by atoms with van der Waals surface area (Å²) in [6.07, 6.45) is 5.22. The smallest absolute Gasteiger partial charge is 0.0642 e. The second kappa shape index (κ2) is 6.15. The van der Waals surface area contributed by atoms with Crippen molar-refractivity contribution < 1.29 is 0 Å². The molecule has 3 atom stereocenters. The monoisotopic (exact) mass is 280 g/mol. The van der Waals surface area contributed by atoms with Gasteiger partial charge in [0.25, 0.3) is 0 Å². The van der Waals surface area contributed by atoms with Crippen molar-refractivity contribution in [3.63, 3.8) is 0 Å². The minimum atomic E-state index is 0.0339. The summed E-state index contributed by atoms with van der Waals surface area (Å²) in [4.78, 5) is 2.35. The van der Waals surface area contributed by atoms with Crippen LogP contribution >= 0.6 is 11.6 Å². The Morgan fingerprint density at radius 2 is 2.11 bits per heavy atom. The van der Waals surface area contributed by atoms with Crippen molar-refractivity contribution in [2.75, 3.05) is 11.9 Å². The molecular weight excluding hydrogens is 256 g/mol. The lowest BCUT2D eigenvalue weighted by Gasteiger charge is -2.36. The van der Waals surface area contributed by atoms with Crippen molar-refractivity contribution in [2.24, 2.45) is 11.7 Å². The number of hydrogen-bond acceptors (Lipinski definition) is 2. The number of rotatable bonds is 3. The Morgan fingerprint density at radius 3 is 2.68 bits per heavy atom. The number of benzene rings is 1. The van der Waals surface area contributed by atoms with E-state index >= 15 is 0 Å². The Bertz CT molecular complexity index is 431. The van der Waals surface area contributed by atoms with Gasteiger partial charge in [0.1, 0.15) is 0 Å². The minimum absolute atomic E-state index is 0.0339. The van der Waals surface area contributed by atoms with Crippen molar-refractivity contribution in [3.05, 3.63) is 28.8 Å². The van der Waals surface area contributed by atoms with Gasteiger partial charge in [-0.15, -0.1) is 0 Å². The van der Waals surface area contributed by atoms with Crippen molar-refractivity contribution in [2.45, 2.75) is 51.6 Å². The first-order valence-electron chi connectivity index (χ1n) is 7.27. The summed E-state index contributed by atoms with van der Waals surface area (Å²) in [6.45, 7) is 4.33. The van der Waals surface area contributed by atoms with Crippen LogP contribution < -0.4 is 10.6 Å². The Hall–Kier alpha value is -0.730. The summed E-state index contributed by atoms with van der Waals surface area (Å²) in [5, 5.41) is 0.815. The lowest BCUT2D eigenvalue weighted by atomic mass is 9.86. The highest BCUT2D eigenvalue weighted by Crippen LogP contribution is 2.34. The van der Waals surface area contributed by atoms with Crippen LogP contribution in [0.1, 0.15) is 51.1 Å². The van der Waals surface area contributed by atoms with E-state index in [0.29, 0.717) is 6.04 Å². The summed E-state index contributed by atoms with van der Waals surface area (Å²) >= 11 is 6.43. The summed E-state index contributed by atoms with van der Waals surface area (Å²) in [6, 6.07) is 6.85. The largest absolute Gasteiger partial charge is 0.370 e. The molecule has 0 aliphatic heterocycles. The van der Waals surface area contributed by atoms with Gasteiger partial charge >= 0.3 is 0 Å². The number of halogens is 1. The maximum atomic E-state index is 6.43. The molecule has 2 rings (SSSR count). The van der Waals surface area contributed by atoms with Crippen LogP contribution in [0.3, 0.4) is 0 Å². The molecule has 106 valence electrons. The molecule has 0 amide bonds. The first kappa shape index (κ1) is 14.7. The molecule has 3 heteroatoms. The molecule has 0 aromatic heterocycles. The van der Waals surface area contributed by atoms with Crippen LogP contribution in [0, 0.1) is 5.92 Å². The first-order valence-corrected chi connectivity index (χ1v) is 7.64. The maximum absolute atomic E-state index is 6.43. The zero-order valence-electron chi connectivity index (χ0n) is 12.2. The third-order valence-corrected chi connectivity index (χ3v) is 4.64. The van der Waals surface area contributed by atoms with Gasteiger partial charge in [-0.1, -0.05) is 37.4 Å². The second-order valence-electron chi connectivity index (χ2n) is 6.04. The second-order valence-corrected chi connectivity index (χ2v) is 6.44. The predicted molar refractivity (Wildman–Crippen MR) is 83.9 cm³/mol. The van der Waals surface area contributed by atoms with Crippen LogP contribution in [0.5, 0.6) is 0 Å². The Balaban J connectivity index is 2.16. The number of nitrogens with zero attached hydrogens (tertiary/aromatic N) is 1. The minimum Gasteiger partial charge on any atom is -0.370 e. The van der Waals surface area contributed by atoms with Crippen LogP contribution in [0.2, 0.25) is 5.02 Å². The molecule has 0 radical (unpaired) electrons. The molecule has 1 saturated carbocycles. The van der Waals surface area contributed by atoms with Crippen LogP contribution in [-0.2, 0) is 0 Å². The summed E-state index contributed by atoms with van der Waals surface area (Å²) in [7, 11) is 2.16. The SMILES string of the molecule is CC1CCCC(N(C)c2ccc(C(C)N)cc2Cl)C1. The fourth-order valence-electron chi connectivity index (χ4n) is 3.04. The summed E-state index contributed by atoms with van der Waals surface area (Å²) < 4.78 is 0. The van der Waals surface area contributed by atoms with Crippen LogP contribution in [0.4, 0.5) is 5.69 Å². The van der Waals surface area contributed by atoms with E-state index in [9.17, 15) is 0 Å². The van der Waals surface area contributed by atoms with Gasteiger partial charge in [0.2, 0.25) is 0 Å². The third kappa shape index (κ3) is 3.43. The Morgan fingerprint density at radius 1 is 1.37 bits per heavy atom. The Kier molecular flexibility index (Phi) is 4.75. The Labute approximate surface area is 121 Å². The molecule has 0 heterocycles. The van der Waals surface area contributed by atoms with Crippen molar-refractivity contribution in [3.8, 4) is 0 Å². The molecule has 0 spiro atoms. The van der Waals surface area contributed by atoms with Crippen LogP contribution in [0.25, 0.3) is 0 Å². The predicted octanol–water partition coefficient (Wildman–Crippen LogP) is 4.37. The highest BCUT2D eigenvalue weighted by molar-refractivity contribution is 6.33. The molecule has 0 saturated heterocycles. The quantitative estimate of drug-likeness (QED) is 0.890. The van der Waals surface area contributed by atoms with Gasteiger partial charge < -0.3 is 10.6 Å². The van der Waals surface area contributed by atoms with Crippen LogP contribution in [-0.4, -0.2) is 13.1 Å². The molecule has 1 aromatic carbocycles. The molecule has 1 aliphatic carbocycles. The van der Waals surface area contributed by atoms with E-state index in [-0.39, 0.29) is 6.04 Å². The molecule has 2 N–H and O–H groups in total. The van der Waals surface area contributed by atoms with Gasteiger partial charge in [-0.25, -0.2) is 0 Å². The van der Waals surface area contributed by atoms with Gasteiger partial charge in [0, 0.05) is 19.1 Å². The average Bonchev–Trinajstić information content (AvgIpc) is 2.37. The van der Waals surface area contributed by atoms with Crippen molar-refractivity contribution in [1.29, 1.82) is 0 Å². The van der Waals surface area contributed by atoms with Gasteiger partial charge in [0.15, 0.2) is 0 Å². The molecule has 3 unspecified atom stereocenters. The zero-order chi connectivity index (χ0) is 14.0. The number of anilines is 1. The van der Waals surface area contributed by atoms with Gasteiger partial charge in [-0.2, -0.15) is 0 Å². The zero-order valence-corrected chi connectivity index (χ0v) is 13.0. The fourth-order valence-corrected chi connectivity index (χ4v) is 3.37. The van der Waals surface area contributed by atoms with Gasteiger partial charge in [-0.05, 0) is 43.4 Å². The van der Waals surface area contributed by atoms with Crippen molar-refractivity contribution >= 4 is 17.3 Å². The molecule has 0 bridgehead atoms. The number of hydrogen-bond donors (Lipinski definition) is 1. The molecule has 1 aromatic rings. The van der Waals surface area contributed by atoms with E-state index in [1.165, 1.54) is 25.7 Å². The topological polar surface area (TPSA) is 29.3 Å². The molecule has 1 fully saturated rings. The van der Waals surface area contributed by atoms with E-state index in [1.807, 2.05) is 13.0 Å². The molecule has 1 aliphatic rings. The standard InChI is InChI=1S/C16H25ClN2/c1-11-5-4-6-14(9-11)19(3)16-8-7-13(12(2)18)10-15(16)17/h7-8,10-12,14H,4-6,9,18H2,1-3H3. The first-order chi connectivity index (χ1) is 8.99. The molecule has 2 nitrogen and oxygen atoms in total. The normalized spacial score (nSPS) is 25.1. The highest BCUT2D eigenvalue weighted by atomic mass is 35.5.